The van der Waals surface area contributed by atoms with Gasteiger partial charge in [-0.05, 0) is 76.9 Å². The number of imidazole rings is 1. The minimum Gasteiger partial charge on any atom is -0.294 e. The van der Waals surface area contributed by atoms with Crippen LogP contribution in [0.25, 0.3) is 93.8 Å². The van der Waals surface area contributed by atoms with E-state index in [1.54, 1.807) is 0 Å². The summed E-state index contributed by atoms with van der Waals surface area (Å²) in [7, 11) is 0. The van der Waals surface area contributed by atoms with Crippen LogP contribution in [0.5, 0.6) is 0 Å². The van der Waals surface area contributed by atoms with Crippen LogP contribution in [0.1, 0.15) is 50.7 Å². The Morgan fingerprint density at radius 2 is 0.891 bits per heavy atom. The third kappa shape index (κ3) is 4.53. The molecule has 5 nitrogen and oxygen atoms in total. The Bertz CT molecular complexity index is 3260. The van der Waals surface area contributed by atoms with Crippen molar-refractivity contribution in [3.63, 3.8) is 0 Å². The fourth-order valence-corrected chi connectivity index (χ4v) is 9.21. The van der Waals surface area contributed by atoms with Gasteiger partial charge in [0.1, 0.15) is 17.3 Å². The van der Waals surface area contributed by atoms with Crippen molar-refractivity contribution in [1.82, 2.24) is 23.5 Å². The Hall–Kier alpha value is -6.72. The van der Waals surface area contributed by atoms with Crippen molar-refractivity contribution >= 4 is 70.9 Å². The Morgan fingerprint density at radius 3 is 1.45 bits per heavy atom. The summed E-state index contributed by atoms with van der Waals surface area (Å²) in [6.07, 6.45) is 2.10. The number of benzene rings is 6. The van der Waals surface area contributed by atoms with Crippen molar-refractivity contribution in [3.8, 4) is 22.9 Å². The molecule has 11 rings (SSSR count). The van der Waals surface area contributed by atoms with Crippen LogP contribution >= 0.6 is 0 Å². The van der Waals surface area contributed by atoms with Crippen LogP contribution in [0.3, 0.4) is 0 Å². The fourth-order valence-electron chi connectivity index (χ4n) is 9.21. The molecule has 0 aliphatic carbocycles. The standard InChI is InChI=1S/C50H39N5/c1-30(2)32-19-13-20-33(31(3)4)49(32)46-29-51-50-40-28-45-39(27-38(40)36-17-7-12-24-44(36)55(46)50)37-18-8-11-23-43(37)54(45)48-26-14-25-47(52-48)53-41-21-9-5-15-34(41)35-16-6-10-22-42(35)53/h5-31H,1-4H3. The molecule has 0 saturated heterocycles. The second-order valence-corrected chi connectivity index (χ2v) is 15.4. The molecule has 264 valence electrons. The quantitative estimate of drug-likeness (QED) is 0.167. The average Bonchev–Trinajstić information content (AvgIpc) is 3.91. The molecular formula is C50H39N5. The van der Waals surface area contributed by atoms with E-state index in [0.717, 1.165) is 55.9 Å². The van der Waals surface area contributed by atoms with E-state index in [9.17, 15) is 0 Å². The topological polar surface area (TPSA) is 40.0 Å². The van der Waals surface area contributed by atoms with Gasteiger partial charge in [-0.2, -0.15) is 0 Å². The van der Waals surface area contributed by atoms with Gasteiger partial charge < -0.3 is 0 Å². The summed E-state index contributed by atoms with van der Waals surface area (Å²) in [6, 6.07) is 52.7. The summed E-state index contributed by atoms with van der Waals surface area (Å²) < 4.78 is 7.03. The second-order valence-electron chi connectivity index (χ2n) is 15.4. The van der Waals surface area contributed by atoms with Crippen LogP contribution in [-0.4, -0.2) is 23.5 Å². The van der Waals surface area contributed by atoms with Crippen LogP contribution in [-0.2, 0) is 0 Å². The Kier molecular flexibility index (Phi) is 6.87. The number of nitrogens with zero attached hydrogens (tertiary/aromatic N) is 5. The Morgan fingerprint density at radius 1 is 0.418 bits per heavy atom. The molecule has 11 aromatic rings. The molecule has 5 heterocycles. The van der Waals surface area contributed by atoms with Gasteiger partial charge >= 0.3 is 0 Å². The van der Waals surface area contributed by atoms with Crippen LogP contribution in [0.15, 0.2) is 152 Å². The van der Waals surface area contributed by atoms with E-state index in [0.29, 0.717) is 11.8 Å². The highest BCUT2D eigenvalue weighted by molar-refractivity contribution is 6.21. The van der Waals surface area contributed by atoms with Crippen LogP contribution in [0.4, 0.5) is 0 Å². The smallest absolute Gasteiger partial charge is 0.145 e. The molecule has 0 aliphatic heterocycles. The van der Waals surface area contributed by atoms with Crippen LogP contribution in [0.2, 0.25) is 0 Å². The van der Waals surface area contributed by atoms with Gasteiger partial charge in [-0.25, -0.2) is 9.97 Å². The minimum absolute atomic E-state index is 0.368. The molecule has 5 heteroatoms. The van der Waals surface area contributed by atoms with E-state index in [4.69, 9.17) is 9.97 Å². The molecule has 0 saturated carbocycles. The van der Waals surface area contributed by atoms with Gasteiger partial charge in [-0.1, -0.05) is 125 Å². The Balaban J connectivity index is 1.23. The molecule has 0 unspecified atom stereocenters. The lowest BCUT2D eigenvalue weighted by molar-refractivity contribution is 0.836. The van der Waals surface area contributed by atoms with Gasteiger partial charge in [0.25, 0.3) is 0 Å². The normalized spacial score (nSPS) is 12.3. The number of hydrogen-bond acceptors (Lipinski definition) is 2. The number of aromatic nitrogens is 5. The molecule has 5 aromatic heterocycles. The molecule has 0 radical (unpaired) electrons. The summed E-state index contributed by atoms with van der Waals surface area (Å²) in [5.41, 5.74) is 11.8. The highest BCUT2D eigenvalue weighted by atomic mass is 15.1. The number of para-hydroxylation sites is 4. The van der Waals surface area contributed by atoms with Crippen LogP contribution in [0, 0.1) is 0 Å². The lowest BCUT2D eigenvalue weighted by Gasteiger charge is -2.20. The summed E-state index contributed by atoms with van der Waals surface area (Å²) in [5, 5.41) is 8.37. The first-order valence-electron chi connectivity index (χ1n) is 19.3. The van der Waals surface area contributed by atoms with E-state index in [1.165, 1.54) is 49.0 Å². The van der Waals surface area contributed by atoms with Gasteiger partial charge in [0.15, 0.2) is 0 Å². The SMILES string of the molecule is CC(C)c1cccc(C(C)C)c1-c1cnc2c3cc4c(cc3c3ccccc3n12)c1ccccc1n4-c1cccc(-n2c3ccccc3c3ccccc32)n1. The summed E-state index contributed by atoms with van der Waals surface area (Å²) in [5.74, 6) is 2.50. The van der Waals surface area contributed by atoms with Crippen molar-refractivity contribution in [2.75, 3.05) is 0 Å². The first kappa shape index (κ1) is 31.8. The molecule has 55 heavy (non-hydrogen) atoms. The molecule has 0 atom stereocenters. The average molecular weight is 710 g/mol. The van der Waals surface area contributed by atoms with E-state index in [-0.39, 0.29) is 0 Å². The van der Waals surface area contributed by atoms with E-state index >= 15 is 0 Å². The second kappa shape index (κ2) is 11.9. The van der Waals surface area contributed by atoms with E-state index in [2.05, 4.69) is 193 Å². The molecule has 0 amide bonds. The molecule has 0 aliphatic rings. The molecule has 0 bridgehead atoms. The van der Waals surface area contributed by atoms with Crippen LogP contribution < -0.4 is 0 Å². The zero-order valence-electron chi connectivity index (χ0n) is 31.3. The summed E-state index contributed by atoms with van der Waals surface area (Å²) >= 11 is 0. The van der Waals surface area contributed by atoms with Gasteiger partial charge in [-0.3, -0.25) is 13.5 Å². The van der Waals surface area contributed by atoms with Crippen molar-refractivity contribution in [2.45, 2.75) is 39.5 Å². The van der Waals surface area contributed by atoms with Crippen molar-refractivity contribution < 1.29 is 0 Å². The van der Waals surface area contributed by atoms with E-state index < -0.39 is 0 Å². The lowest BCUT2D eigenvalue weighted by atomic mass is 9.87. The molecule has 0 spiro atoms. The zero-order valence-corrected chi connectivity index (χ0v) is 31.3. The van der Waals surface area contributed by atoms with Crippen molar-refractivity contribution in [3.05, 3.63) is 163 Å². The highest BCUT2D eigenvalue weighted by Gasteiger charge is 2.23. The first-order chi connectivity index (χ1) is 27.0. The monoisotopic (exact) mass is 709 g/mol. The predicted octanol–water partition coefficient (Wildman–Crippen LogP) is 13.1. The number of hydrogen-bond donors (Lipinski definition) is 0. The predicted molar refractivity (Wildman–Crippen MR) is 230 cm³/mol. The third-order valence-electron chi connectivity index (χ3n) is 11.6. The fraction of sp³-hybridized carbons (Fsp3) is 0.120. The maximum Gasteiger partial charge on any atom is 0.145 e. The zero-order chi connectivity index (χ0) is 36.9. The number of fused-ring (bicyclic) bond motifs is 12. The highest BCUT2D eigenvalue weighted by Crippen LogP contribution is 2.42. The summed E-state index contributed by atoms with van der Waals surface area (Å²) in [4.78, 5) is 10.7. The lowest BCUT2D eigenvalue weighted by Crippen LogP contribution is -2.03. The number of pyridine rings is 2. The van der Waals surface area contributed by atoms with Gasteiger partial charge in [-0.15, -0.1) is 0 Å². The van der Waals surface area contributed by atoms with Gasteiger partial charge in [0.05, 0.1) is 39.5 Å². The third-order valence-corrected chi connectivity index (χ3v) is 11.6. The molecule has 0 fully saturated rings. The largest absolute Gasteiger partial charge is 0.294 e. The number of rotatable bonds is 5. The Labute approximate surface area is 318 Å². The molecular weight excluding hydrogens is 671 g/mol. The van der Waals surface area contributed by atoms with Crippen molar-refractivity contribution in [1.29, 1.82) is 0 Å². The molecule has 0 N–H and O–H groups in total. The maximum atomic E-state index is 5.45. The van der Waals surface area contributed by atoms with Gasteiger partial charge in [0, 0.05) is 37.9 Å². The minimum atomic E-state index is 0.368. The maximum absolute atomic E-state index is 5.45. The molecule has 6 aromatic carbocycles. The van der Waals surface area contributed by atoms with E-state index in [1.807, 2.05) is 0 Å². The first-order valence-corrected chi connectivity index (χ1v) is 19.3. The van der Waals surface area contributed by atoms with Crippen molar-refractivity contribution in [2.24, 2.45) is 0 Å². The summed E-state index contributed by atoms with van der Waals surface area (Å²) in [6.45, 7) is 9.16. The van der Waals surface area contributed by atoms with Gasteiger partial charge in [0.2, 0.25) is 0 Å².